The SMILES string of the molecule is C=CCCOc1ccc(C(=O)Oc2ccc(C(=O)O)cc2)cc1. The largest absolute Gasteiger partial charge is 0.493 e. The van der Waals surface area contributed by atoms with Crippen LogP contribution in [0.15, 0.2) is 61.2 Å². The highest BCUT2D eigenvalue weighted by molar-refractivity contribution is 5.91. The Balaban J connectivity index is 1.97. The molecule has 118 valence electrons. The molecule has 1 N–H and O–H groups in total. The highest BCUT2D eigenvalue weighted by atomic mass is 16.5. The van der Waals surface area contributed by atoms with E-state index in [1.54, 1.807) is 30.3 Å². The summed E-state index contributed by atoms with van der Waals surface area (Å²) in [4.78, 5) is 22.8. The second-order valence-corrected chi connectivity index (χ2v) is 4.67. The topological polar surface area (TPSA) is 72.8 Å². The Hall–Kier alpha value is -3.08. The van der Waals surface area contributed by atoms with Crippen LogP contribution in [0.3, 0.4) is 0 Å². The van der Waals surface area contributed by atoms with Crippen molar-refractivity contribution in [2.24, 2.45) is 0 Å². The quantitative estimate of drug-likeness (QED) is 0.366. The minimum atomic E-state index is -1.03. The van der Waals surface area contributed by atoms with E-state index < -0.39 is 11.9 Å². The first-order chi connectivity index (χ1) is 11.1. The molecular formula is C18H16O5. The van der Waals surface area contributed by atoms with Gasteiger partial charge in [-0.2, -0.15) is 0 Å². The fourth-order valence-corrected chi connectivity index (χ4v) is 1.78. The number of carboxylic acid groups (broad SMARTS) is 1. The number of esters is 1. The molecule has 0 saturated carbocycles. The summed E-state index contributed by atoms with van der Waals surface area (Å²) >= 11 is 0. The summed E-state index contributed by atoms with van der Waals surface area (Å²) in [5.41, 5.74) is 0.509. The highest BCUT2D eigenvalue weighted by Crippen LogP contribution is 2.17. The van der Waals surface area contributed by atoms with Crippen LogP contribution in [0, 0.1) is 0 Å². The van der Waals surface area contributed by atoms with Crippen molar-refractivity contribution in [2.45, 2.75) is 6.42 Å². The summed E-state index contributed by atoms with van der Waals surface area (Å²) in [7, 11) is 0. The van der Waals surface area contributed by atoms with Crippen LogP contribution in [0.25, 0.3) is 0 Å². The van der Waals surface area contributed by atoms with Gasteiger partial charge in [-0.15, -0.1) is 6.58 Å². The zero-order valence-electron chi connectivity index (χ0n) is 12.4. The van der Waals surface area contributed by atoms with Crippen LogP contribution in [0.1, 0.15) is 27.1 Å². The lowest BCUT2D eigenvalue weighted by Crippen LogP contribution is -2.08. The molecule has 23 heavy (non-hydrogen) atoms. The molecule has 0 unspecified atom stereocenters. The van der Waals surface area contributed by atoms with Crippen LogP contribution in [0.2, 0.25) is 0 Å². The predicted octanol–water partition coefficient (Wildman–Crippen LogP) is 3.56. The van der Waals surface area contributed by atoms with Gasteiger partial charge in [-0.3, -0.25) is 0 Å². The van der Waals surface area contributed by atoms with Crippen molar-refractivity contribution in [1.82, 2.24) is 0 Å². The van der Waals surface area contributed by atoms with E-state index in [1.165, 1.54) is 24.3 Å². The van der Waals surface area contributed by atoms with Crippen molar-refractivity contribution in [3.63, 3.8) is 0 Å². The van der Waals surface area contributed by atoms with Crippen molar-refractivity contribution >= 4 is 11.9 Å². The maximum Gasteiger partial charge on any atom is 0.343 e. The van der Waals surface area contributed by atoms with Crippen LogP contribution < -0.4 is 9.47 Å². The molecule has 0 aliphatic carbocycles. The standard InChI is InChI=1S/C18H16O5/c1-2-3-12-22-15-8-6-14(7-9-15)18(21)23-16-10-4-13(5-11-16)17(19)20/h2,4-11H,1,3,12H2,(H,19,20). The van der Waals surface area contributed by atoms with Crippen LogP contribution >= 0.6 is 0 Å². The van der Waals surface area contributed by atoms with Crippen LogP contribution in [-0.4, -0.2) is 23.7 Å². The molecule has 2 aromatic rings. The molecule has 0 radical (unpaired) electrons. The fraction of sp³-hybridized carbons (Fsp3) is 0.111. The van der Waals surface area contributed by atoms with Crippen molar-refractivity contribution in [1.29, 1.82) is 0 Å². The molecule has 0 heterocycles. The van der Waals surface area contributed by atoms with Crippen LogP contribution in [-0.2, 0) is 0 Å². The minimum absolute atomic E-state index is 0.130. The summed E-state index contributed by atoms with van der Waals surface area (Å²) in [6.07, 6.45) is 2.51. The zero-order valence-corrected chi connectivity index (χ0v) is 12.4. The lowest BCUT2D eigenvalue weighted by atomic mass is 10.2. The first-order valence-electron chi connectivity index (χ1n) is 6.99. The van der Waals surface area contributed by atoms with E-state index in [0.29, 0.717) is 17.9 Å². The Morgan fingerprint density at radius 2 is 1.52 bits per heavy atom. The Bertz CT molecular complexity index is 686. The molecule has 0 fully saturated rings. The van der Waals surface area contributed by atoms with E-state index in [1.807, 2.05) is 0 Å². The monoisotopic (exact) mass is 312 g/mol. The number of hydrogen-bond donors (Lipinski definition) is 1. The molecule has 2 aromatic carbocycles. The third-order valence-electron chi connectivity index (χ3n) is 2.99. The van der Waals surface area contributed by atoms with Crippen molar-refractivity contribution in [3.8, 4) is 11.5 Å². The minimum Gasteiger partial charge on any atom is -0.493 e. The van der Waals surface area contributed by atoms with Gasteiger partial charge >= 0.3 is 11.9 Å². The molecule has 5 nitrogen and oxygen atoms in total. The third kappa shape index (κ3) is 4.71. The van der Waals surface area contributed by atoms with Gasteiger partial charge in [0, 0.05) is 0 Å². The first kappa shape index (κ1) is 16.3. The number of rotatable bonds is 7. The highest BCUT2D eigenvalue weighted by Gasteiger charge is 2.09. The van der Waals surface area contributed by atoms with Crippen LogP contribution in [0.5, 0.6) is 11.5 Å². The molecule has 0 spiro atoms. The predicted molar refractivity (Wildman–Crippen MR) is 85.1 cm³/mol. The lowest BCUT2D eigenvalue weighted by molar-refractivity contribution is 0.0696. The summed E-state index contributed by atoms with van der Waals surface area (Å²) in [6, 6.07) is 12.2. The van der Waals surface area contributed by atoms with Gasteiger partial charge in [0.2, 0.25) is 0 Å². The van der Waals surface area contributed by atoms with Gasteiger partial charge in [0.25, 0.3) is 0 Å². The number of carbonyl (C=O) groups excluding carboxylic acids is 1. The Kier molecular flexibility index (Phi) is 5.52. The van der Waals surface area contributed by atoms with Crippen molar-refractivity contribution < 1.29 is 24.2 Å². The van der Waals surface area contributed by atoms with E-state index >= 15 is 0 Å². The van der Waals surface area contributed by atoms with Gasteiger partial charge in [0.1, 0.15) is 11.5 Å². The summed E-state index contributed by atoms with van der Waals surface area (Å²) in [6.45, 7) is 4.14. The summed E-state index contributed by atoms with van der Waals surface area (Å²) < 4.78 is 10.6. The maximum atomic E-state index is 12.0. The Morgan fingerprint density at radius 1 is 0.957 bits per heavy atom. The Morgan fingerprint density at radius 3 is 2.09 bits per heavy atom. The molecule has 5 heteroatoms. The van der Waals surface area contributed by atoms with Gasteiger partial charge in [-0.05, 0) is 55.0 Å². The number of carboxylic acids is 1. The van der Waals surface area contributed by atoms with Gasteiger partial charge < -0.3 is 14.6 Å². The van der Waals surface area contributed by atoms with E-state index in [9.17, 15) is 9.59 Å². The number of carbonyl (C=O) groups is 2. The number of ether oxygens (including phenoxy) is 2. The normalized spacial score (nSPS) is 9.91. The van der Waals surface area contributed by atoms with E-state index in [2.05, 4.69) is 6.58 Å². The zero-order chi connectivity index (χ0) is 16.7. The lowest BCUT2D eigenvalue weighted by Gasteiger charge is -2.07. The molecule has 0 bridgehead atoms. The Labute approximate surface area is 133 Å². The molecule has 0 aliphatic rings. The molecule has 0 aliphatic heterocycles. The second-order valence-electron chi connectivity index (χ2n) is 4.67. The molecule has 0 saturated heterocycles. The molecule has 2 rings (SSSR count). The third-order valence-corrected chi connectivity index (χ3v) is 2.99. The van der Waals surface area contributed by atoms with Gasteiger partial charge in [0.15, 0.2) is 0 Å². The average molecular weight is 312 g/mol. The van der Waals surface area contributed by atoms with Crippen molar-refractivity contribution in [3.05, 3.63) is 72.3 Å². The fourth-order valence-electron chi connectivity index (χ4n) is 1.78. The number of benzene rings is 2. The van der Waals surface area contributed by atoms with E-state index in [0.717, 1.165) is 6.42 Å². The molecule has 0 amide bonds. The van der Waals surface area contributed by atoms with Gasteiger partial charge in [0.05, 0.1) is 17.7 Å². The summed E-state index contributed by atoms with van der Waals surface area (Å²) in [5.74, 6) is -0.610. The molecular weight excluding hydrogens is 296 g/mol. The first-order valence-corrected chi connectivity index (χ1v) is 6.99. The van der Waals surface area contributed by atoms with E-state index in [4.69, 9.17) is 14.6 Å². The van der Waals surface area contributed by atoms with Crippen LogP contribution in [0.4, 0.5) is 0 Å². The van der Waals surface area contributed by atoms with Crippen molar-refractivity contribution in [2.75, 3.05) is 6.61 Å². The maximum absolute atomic E-state index is 12.0. The number of aromatic carboxylic acids is 1. The summed E-state index contributed by atoms with van der Waals surface area (Å²) in [5, 5.41) is 8.81. The molecule has 0 aromatic heterocycles. The van der Waals surface area contributed by atoms with Gasteiger partial charge in [-0.1, -0.05) is 6.08 Å². The smallest absolute Gasteiger partial charge is 0.343 e. The second kappa shape index (κ2) is 7.79. The van der Waals surface area contributed by atoms with Gasteiger partial charge in [-0.25, -0.2) is 9.59 Å². The van der Waals surface area contributed by atoms with E-state index in [-0.39, 0.29) is 11.3 Å². The average Bonchev–Trinajstić information content (AvgIpc) is 2.56. The molecule has 0 atom stereocenters. The number of hydrogen-bond acceptors (Lipinski definition) is 4.